The number of methoxy groups -OCH3 is 1. The van der Waals surface area contributed by atoms with Crippen molar-refractivity contribution in [3.63, 3.8) is 0 Å². The number of amides is 1. The molecule has 6 heteroatoms. The van der Waals surface area contributed by atoms with Crippen molar-refractivity contribution in [2.45, 2.75) is 6.04 Å². The van der Waals surface area contributed by atoms with Gasteiger partial charge in [-0.1, -0.05) is 42.5 Å². The molecule has 0 N–H and O–H groups in total. The number of hydrogen-bond donors (Lipinski definition) is 0. The molecule has 4 aromatic rings. The molecule has 0 radical (unpaired) electrons. The standard InChI is InChI=1S/C25H20FN3O2/c1-28-24-21(22(27-28)16-6-4-3-5-7-16)23(17-8-10-18(26)11-9-17)29(25(24)30)19-12-14-20(31-2)15-13-19/h3-15,23H,1-2H3. The molecular weight excluding hydrogens is 393 g/mol. The average molecular weight is 413 g/mol. The van der Waals surface area contributed by atoms with Crippen molar-refractivity contribution in [3.8, 4) is 17.0 Å². The number of carbonyl (C=O) groups is 1. The predicted molar refractivity (Wildman–Crippen MR) is 117 cm³/mol. The van der Waals surface area contributed by atoms with Gasteiger partial charge in [0.05, 0.1) is 18.8 Å². The SMILES string of the molecule is COc1ccc(N2C(=O)c3c(c(-c4ccccc4)nn3C)C2c2ccc(F)cc2)cc1. The lowest BCUT2D eigenvalue weighted by Gasteiger charge is -2.26. The van der Waals surface area contributed by atoms with E-state index < -0.39 is 6.04 Å². The van der Waals surface area contributed by atoms with E-state index in [4.69, 9.17) is 4.74 Å². The van der Waals surface area contributed by atoms with Gasteiger partial charge in [0, 0.05) is 23.9 Å². The molecule has 31 heavy (non-hydrogen) atoms. The molecule has 1 aliphatic heterocycles. The van der Waals surface area contributed by atoms with Crippen LogP contribution in [0.15, 0.2) is 78.9 Å². The summed E-state index contributed by atoms with van der Waals surface area (Å²) < 4.78 is 20.6. The highest BCUT2D eigenvalue weighted by molar-refractivity contribution is 6.12. The fourth-order valence-corrected chi connectivity index (χ4v) is 4.19. The quantitative estimate of drug-likeness (QED) is 0.474. The van der Waals surface area contributed by atoms with Crippen LogP contribution in [0.5, 0.6) is 5.75 Å². The largest absolute Gasteiger partial charge is 0.497 e. The van der Waals surface area contributed by atoms with Crippen LogP contribution in [0, 0.1) is 5.82 Å². The van der Waals surface area contributed by atoms with E-state index in [2.05, 4.69) is 5.10 Å². The van der Waals surface area contributed by atoms with Gasteiger partial charge in [0.2, 0.25) is 0 Å². The molecular formula is C25H20FN3O2. The zero-order chi connectivity index (χ0) is 21.5. The van der Waals surface area contributed by atoms with Crippen LogP contribution in [0.3, 0.4) is 0 Å². The Bertz CT molecular complexity index is 1250. The Morgan fingerprint density at radius 2 is 1.61 bits per heavy atom. The molecule has 1 atom stereocenters. The summed E-state index contributed by atoms with van der Waals surface area (Å²) in [6.07, 6.45) is 0. The summed E-state index contributed by atoms with van der Waals surface area (Å²) in [5.74, 6) is 0.239. The fourth-order valence-electron chi connectivity index (χ4n) is 4.19. The van der Waals surface area contributed by atoms with Crippen LogP contribution in [-0.4, -0.2) is 22.8 Å². The van der Waals surface area contributed by atoms with Crippen molar-refractivity contribution < 1.29 is 13.9 Å². The maximum absolute atomic E-state index is 13.7. The van der Waals surface area contributed by atoms with E-state index in [1.165, 1.54) is 12.1 Å². The predicted octanol–water partition coefficient (Wildman–Crippen LogP) is 4.98. The van der Waals surface area contributed by atoms with Gasteiger partial charge in [0.15, 0.2) is 0 Å². The molecule has 0 fully saturated rings. The lowest BCUT2D eigenvalue weighted by molar-refractivity contribution is 0.0985. The summed E-state index contributed by atoms with van der Waals surface area (Å²) in [7, 11) is 3.38. The Labute approximate surface area is 179 Å². The van der Waals surface area contributed by atoms with Crippen LogP contribution >= 0.6 is 0 Å². The maximum Gasteiger partial charge on any atom is 0.277 e. The first-order valence-electron chi connectivity index (χ1n) is 9.94. The zero-order valence-electron chi connectivity index (χ0n) is 17.1. The van der Waals surface area contributed by atoms with Gasteiger partial charge < -0.3 is 4.74 Å². The Morgan fingerprint density at radius 1 is 0.935 bits per heavy atom. The molecule has 1 unspecified atom stereocenters. The molecule has 5 rings (SSSR count). The minimum absolute atomic E-state index is 0.147. The minimum atomic E-state index is -0.430. The number of fused-ring (bicyclic) bond motifs is 1. The summed E-state index contributed by atoms with van der Waals surface area (Å²) in [4.78, 5) is 15.4. The first kappa shape index (κ1) is 19.1. The number of aromatic nitrogens is 2. The topological polar surface area (TPSA) is 47.4 Å². The third kappa shape index (κ3) is 3.08. The molecule has 5 nitrogen and oxygen atoms in total. The maximum atomic E-state index is 13.7. The van der Waals surface area contributed by atoms with E-state index in [0.29, 0.717) is 11.4 Å². The monoisotopic (exact) mass is 413 g/mol. The number of benzene rings is 3. The first-order chi connectivity index (χ1) is 15.1. The summed E-state index contributed by atoms with van der Waals surface area (Å²) in [5.41, 5.74) is 4.57. The number of hydrogen-bond acceptors (Lipinski definition) is 3. The van der Waals surface area contributed by atoms with Gasteiger partial charge >= 0.3 is 0 Å². The molecule has 3 aromatic carbocycles. The highest BCUT2D eigenvalue weighted by atomic mass is 19.1. The Kier molecular flexibility index (Phi) is 4.55. The van der Waals surface area contributed by atoms with Gasteiger partial charge in [0.1, 0.15) is 17.3 Å². The fraction of sp³-hybridized carbons (Fsp3) is 0.120. The van der Waals surface area contributed by atoms with Crippen LogP contribution in [0.25, 0.3) is 11.3 Å². The molecule has 1 aromatic heterocycles. The first-order valence-corrected chi connectivity index (χ1v) is 9.94. The number of carbonyl (C=O) groups excluding carboxylic acids is 1. The van der Waals surface area contributed by atoms with Crippen molar-refractivity contribution in [1.29, 1.82) is 0 Å². The summed E-state index contributed by atoms with van der Waals surface area (Å²) >= 11 is 0. The number of anilines is 1. The van der Waals surface area contributed by atoms with Gasteiger partial charge in [-0.05, 0) is 42.0 Å². The molecule has 0 saturated carbocycles. The van der Waals surface area contributed by atoms with Crippen LogP contribution < -0.4 is 9.64 Å². The van der Waals surface area contributed by atoms with Crippen LogP contribution in [0.2, 0.25) is 0 Å². The Balaban J connectivity index is 1.74. The van der Waals surface area contributed by atoms with E-state index in [-0.39, 0.29) is 11.7 Å². The van der Waals surface area contributed by atoms with Crippen molar-refractivity contribution in [3.05, 3.63) is 102 Å². The lowest BCUT2D eigenvalue weighted by Crippen LogP contribution is -2.30. The molecule has 2 heterocycles. The Hall–Kier alpha value is -3.93. The van der Waals surface area contributed by atoms with E-state index in [1.54, 1.807) is 35.9 Å². The third-order valence-electron chi connectivity index (χ3n) is 5.62. The number of aryl methyl sites for hydroxylation is 1. The van der Waals surface area contributed by atoms with E-state index >= 15 is 0 Å². The summed E-state index contributed by atoms with van der Waals surface area (Å²) in [6, 6.07) is 23.0. The molecule has 1 aliphatic rings. The Morgan fingerprint density at radius 3 is 2.26 bits per heavy atom. The van der Waals surface area contributed by atoms with Gasteiger partial charge in [0.25, 0.3) is 5.91 Å². The minimum Gasteiger partial charge on any atom is -0.497 e. The van der Waals surface area contributed by atoms with Gasteiger partial charge in [-0.3, -0.25) is 14.4 Å². The summed E-state index contributed by atoms with van der Waals surface area (Å²) in [5, 5.41) is 4.68. The van der Waals surface area contributed by atoms with Crippen molar-refractivity contribution >= 4 is 11.6 Å². The van der Waals surface area contributed by atoms with Gasteiger partial charge in [-0.15, -0.1) is 0 Å². The van der Waals surface area contributed by atoms with Crippen molar-refractivity contribution in [2.24, 2.45) is 7.05 Å². The van der Waals surface area contributed by atoms with Crippen molar-refractivity contribution in [1.82, 2.24) is 9.78 Å². The van der Waals surface area contributed by atoms with Gasteiger partial charge in [-0.25, -0.2) is 4.39 Å². The molecule has 0 spiro atoms. The molecule has 1 amide bonds. The number of ether oxygens (including phenoxy) is 1. The zero-order valence-corrected chi connectivity index (χ0v) is 17.1. The van der Waals surface area contributed by atoms with Crippen LogP contribution in [0.4, 0.5) is 10.1 Å². The van der Waals surface area contributed by atoms with Gasteiger partial charge in [-0.2, -0.15) is 5.10 Å². The second kappa shape index (κ2) is 7.40. The van der Waals surface area contributed by atoms with Crippen molar-refractivity contribution in [2.75, 3.05) is 12.0 Å². The third-order valence-corrected chi connectivity index (χ3v) is 5.62. The molecule has 0 bridgehead atoms. The average Bonchev–Trinajstić information content (AvgIpc) is 3.30. The molecule has 0 saturated heterocycles. The van der Waals surface area contributed by atoms with Crippen LogP contribution in [0.1, 0.15) is 27.7 Å². The highest BCUT2D eigenvalue weighted by Gasteiger charge is 2.44. The molecule has 0 aliphatic carbocycles. The molecule has 154 valence electrons. The number of rotatable bonds is 4. The number of nitrogens with zero attached hydrogens (tertiary/aromatic N) is 3. The van der Waals surface area contributed by atoms with Crippen LogP contribution in [-0.2, 0) is 7.05 Å². The number of halogens is 1. The highest BCUT2D eigenvalue weighted by Crippen LogP contribution is 2.45. The normalized spacial score (nSPS) is 15.3. The summed E-state index contributed by atoms with van der Waals surface area (Å²) in [6.45, 7) is 0. The van der Waals surface area contributed by atoms with E-state index in [0.717, 1.165) is 28.1 Å². The second-order valence-corrected chi connectivity index (χ2v) is 7.43. The second-order valence-electron chi connectivity index (χ2n) is 7.43. The van der Waals surface area contributed by atoms with E-state index in [1.807, 2.05) is 54.6 Å². The smallest absolute Gasteiger partial charge is 0.277 e. The van der Waals surface area contributed by atoms with E-state index in [9.17, 15) is 9.18 Å². The lowest BCUT2D eigenvalue weighted by atomic mass is 9.96.